The van der Waals surface area contributed by atoms with E-state index in [1.807, 2.05) is 24.3 Å². The number of methoxy groups -OCH3 is 1. The average Bonchev–Trinajstić information content (AvgIpc) is 3.34. The molecule has 29 heavy (non-hydrogen) atoms. The lowest BCUT2D eigenvalue weighted by Gasteiger charge is -2.08. The van der Waals surface area contributed by atoms with Crippen molar-refractivity contribution in [1.29, 1.82) is 0 Å². The molecule has 0 N–H and O–H groups in total. The van der Waals surface area contributed by atoms with Crippen molar-refractivity contribution >= 4 is 27.9 Å². The largest absolute Gasteiger partial charge is 0.497 e. The minimum atomic E-state index is -0.414. The number of hydrogen-bond acceptors (Lipinski definition) is 4. The van der Waals surface area contributed by atoms with Crippen LogP contribution in [0.5, 0.6) is 5.75 Å². The first-order valence-electron chi connectivity index (χ1n) is 8.99. The van der Waals surface area contributed by atoms with Crippen LogP contribution in [-0.4, -0.2) is 22.6 Å². The lowest BCUT2D eigenvalue weighted by atomic mass is 10.1. The number of aromatic nitrogens is 2. The Labute approximate surface area is 165 Å². The van der Waals surface area contributed by atoms with Crippen LogP contribution in [0.1, 0.15) is 10.4 Å². The highest BCUT2D eigenvalue weighted by Crippen LogP contribution is 2.33. The molecule has 0 spiro atoms. The minimum Gasteiger partial charge on any atom is -0.497 e. The van der Waals surface area contributed by atoms with Gasteiger partial charge in [0.25, 0.3) is 5.91 Å². The molecule has 0 aliphatic heterocycles. The van der Waals surface area contributed by atoms with Gasteiger partial charge in [0.15, 0.2) is 5.82 Å². The average molecular weight is 386 g/mol. The van der Waals surface area contributed by atoms with Crippen molar-refractivity contribution in [2.45, 2.75) is 0 Å². The molecular formula is C23H15FN2O3. The van der Waals surface area contributed by atoms with Crippen LogP contribution in [0.4, 0.5) is 4.39 Å². The Morgan fingerprint density at radius 1 is 1.07 bits per heavy atom. The Morgan fingerprint density at radius 3 is 2.66 bits per heavy atom. The predicted octanol–water partition coefficient (Wildman–Crippen LogP) is 5.29. The third-order valence-corrected chi connectivity index (χ3v) is 4.88. The van der Waals surface area contributed by atoms with Crippen molar-refractivity contribution in [3.63, 3.8) is 0 Å². The fourth-order valence-corrected chi connectivity index (χ4v) is 3.45. The van der Waals surface area contributed by atoms with E-state index in [4.69, 9.17) is 9.15 Å². The summed E-state index contributed by atoms with van der Waals surface area (Å²) in [5.74, 6) is 0.362. The summed E-state index contributed by atoms with van der Waals surface area (Å²) in [6.07, 6.45) is 1.57. The maximum Gasteiger partial charge on any atom is 0.264 e. The van der Waals surface area contributed by atoms with Crippen molar-refractivity contribution in [1.82, 2.24) is 9.55 Å². The number of rotatable bonds is 3. The predicted molar refractivity (Wildman–Crippen MR) is 108 cm³/mol. The van der Waals surface area contributed by atoms with Crippen LogP contribution in [0.15, 0.2) is 77.4 Å². The molecular weight excluding hydrogens is 371 g/mol. The van der Waals surface area contributed by atoms with Gasteiger partial charge in [-0.15, -0.1) is 0 Å². The Hall–Kier alpha value is -3.93. The van der Waals surface area contributed by atoms with E-state index < -0.39 is 5.82 Å². The normalized spacial score (nSPS) is 11.2. The number of carbonyl (C=O) groups is 1. The zero-order valence-corrected chi connectivity index (χ0v) is 15.4. The van der Waals surface area contributed by atoms with Gasteiger partial charge in [-0.25, -0.2) is 9.37 Å². The quantitative estimate of drug-likeness (QED) is 0.423. The first-order chi connectivity index (χ1) is 14.2. The summed E-state index contributed by atoms with van der Waals surface area (Å²) in [7, 11) is 1.57. The molecule has 0 saturated carbocycles. The number of nitrogens with zero attached hydrogens (tertiary/aromatic N) is 2. The lowest BCUT2D eigenvalue weighted by Crippen LogP contribution is -2.13. The molecule has 0 bridgehead atoms. The second-order valence-corrected chi connectivity index (χ2v) is 6.58. The molecule has 142 valence electrons. The van der Waals surface area contributed by atoms with Crippen LogP contribution >= 0.6 is 0 Å². The fraction of sp³-hybridized carbons (Fsp3) is 0.0435. The van der Waals surface area contributed by atoms with Crippen LogP contribution in [0.25, 0.3) is 33.4 Å². The molecule has 2 aromatic heterocycles. The maximum absolute atomic E-state index is 13.8. The number of hydrogen-bond donors (Lipinski definition) is 0. The number of benzene rings is 3. The molecule has 0 aliphatic rings. The van der Waals surface area contributed by atoms with Gasteiger partial charge in [0.2, 0.25) is 0 Å². The van der Waals surface area contributed by atoms with Gasteiger partial charge in [-0.3, -0.25) is 9.36 Å². The number of ether oxygens (including phenoxy) is 1. The molecule has 5 aromatic rings. The van der Waals surface area contributed by atoms with Gasteiger partial charge in [0.05, 0.1) is 23.7 Å². The number of carbonyl (C=O) groups excluding carboxylic acids is 1. The van der Waals surface area contributed by atoms with Gasteiger partial charge in [-0.2, -0.15) is 0 Å². The molecule has 3 aromatic carbocycles. The second kappa shape index (κ2) is 6.60. The zero-order chi connectivity index (χ0) is 20.0. The topological polar surface area (TPSA) is 57.3 Å². The number of para-hydroxylation sites is 1. The fourth-order valence-electron chi connectivity index (χ4n) is 3.45. The van der Waals surface area contributed by atoms with Gasteiger partial charge in [-0.05, 0) is 42.5 Å². The highest BCUT2D eigenvalue weighted by molar-refractivity contribution is 6.06. The number of fused-ring (bicyclic) bond motifs is 2. The van der Waals surface area contributed by atoms with Crippen LogP contribution in [0.3, 0.4) is 0 Å². The smallest absolute Gasteiger partial charge is 0.264 e. The molecule has 5 rings (SSSR count). The number of halogens is 1. The molecule has 0 fully saturated rings. The van der Waals surface area contributed by atoms with Crippen LogP contribution in [-0.2, 0) is 0 Å². The van der Waals surface area contributed by atoms with Crippen molar-refractivity contribution in [3.8, 4) is 17.1 Å². The molecule has 2 heterocycles. The summed E-state index contributed by atoms with van der Waals surface area (Å²) < 4.78 is 26.1. The first kappa shape index (κ1) is 17.2. The third-order valence-electron chi connectivity index (χ3n) is 4.88. The Bertz CT molecular complexity index is 1370. The molecule has 6 heteroatoms. The molecule has 0 amide bonds. The van der Waals surface area contributed by atoms with Gasteiger partial charge in [0, 0.05) is 17.0 Å². The van der Waals surface area contributed by atoms with Crippen molar-refractivity contribution in [2.24, 2.45) is 0 Å². The van der Waals surface area contributed by atoms with Crippen molar-refractivity contribution in [3.05, 3.63) is 84.4 Å². The Balaban J connectivity index is 1.76. The third kappa shape index (κ3) is 2.77. The van der Waals surface area contributed by atoms with Gasteiger partial charge in [-0.1, -0.05) is 18.2 Å². The Morgan fingerprint density at radius 2 is 1.86 bits per heavy atom. The van der Waals surface area contributed by atoms with Crippen LogP contribution < -0.4 is 4.74 Å². The summed E-state index contributed by atoms with van der Waals surface area (Å²) in [5, 5.41) is 0.826. The van der Waals surface area contributed by atoms with E-state index in [2.05, 4.69) is 4.98 Å². The maximum atomic E-state index is 13.8. The molecule has 5 nitrogen and oxygen atoms in total. The van der Waals surface area contributed by atoms with E-state index >= 15 is 0 Å². The highest BCUT2D eigenvalue weighted by atomic mass is 19.1. The van der Waals surface area contributed by atoms with E-state index in [0.29, 0.717) is 39.3 Å². The highest BCUT2D eigenvalue weighted by Gasteiger charge is 2.22. The van der Waals surface area contributed by atoms with E-state index in [9.17, 15) is 9.18 Å². The molecule has 0 saturated heterocycles. The molecule has 0 atom stereocenters. The SMILES string of the molecule is COc1ccc(C(=O)n2c(-c3coc4ccccc34)nc3cc(F)ccc32)cc1. The van der Waals surface area contributed by atoms with Crippen molar-refractivity contribution in [2.75, 3.05) is 7.11 Å². The number of furan rings is 1. The van der Waals surface area contributed by atoms with E-state index in [0.717, 1.165) is 5.39 Å². The van der Waals surface area contributed by atoms with Gasteiger partial charge in [0.1, 0.15) is 23.4 Å². The Kier molecular flexibility index (Phi) is 3.91. The monoisotopic (exact) mass is 386 g/mol. The van der Waals surface area contributed by atoms with Crippen molar-refractivity contribution < 1.29 is 18.3 Å². The summed E-state index contributed by atoms with van der Waals surface area (Å²) in [5.41, 5.74) is 2.73. The van der Waals surface area contributed by atoms with Crippen LogP contribution in [0.2, 0.25) is 0 Å². The summed E-state index contributed by atoms with van der Waals surface area (Å²) >= 11 is 0. The second-order valence-electron chi connectivity index (χ2n) is 6.58. The van der Waals surface area contributed by atoms with E-state index in [-0.39, 0.29) is 5.91 Å². The summed E-state index contributed by atoms with van der Waals surface area (Å²) in [6, 6.07) is 18.5. The zero-order valence-electron chi connectivity index (χ0n) is 15.4. The van der Waals surface area contributed by atoms with Gasteiger partial charge < -0.3 is 9.15 Å². The van der Waals surface area contributed by atoms with E-state index in [1.54, 1.807) is 43.7 Å². The molecule has 0 unspecified atom stereocenters. The minimum absolute atomic E-state index is 0.276. The molecule has 0 aliphatic carbocycles. The summed E-state index contributed by atoms with van der Waals surface area (Å²) in [6.45, 7) is 0. The molecule has 0 radical (unpaired) electrons. The number of imidazole rings is 1. The standard InChI is InChI=1S/C23H15FN2O3/c1-28-16-9-6-14(7-10-16)23(27)26-20-11-8-15(24)12-19(20)25-22(26)18-13-29-21-5-3-2-4-17(18)21/h2-13H,1H3. The first-order valence-corrected chi connectivity index (χ1v) is 8.99. The van der Waals surface area contributed by atoms with Crippen LogP contribution in [0, 0.1) is 5.82 Å². The summed E-state index contributed by atoms with van der Waals surface area (Å²) in [4.78, 5) is 18.0. The van der Waals surface area contributed by atoms with E-state index in [1.165, 1.54) is 16.7 Å². The van der Waals surface area contributed by atoms with Gasteiger partial charge >= 0.3 is 0 Å². The lowest BCUT2D eigenvalue weighted by molar-refractivity contribution is 0.0966.